The van der Waals surface area contributed by atoms with Gasteiger partial charge in [-0.15, -0.1) is 0 Å². The maximum atomic E-state index is 7.57. The second kappa shape index (κ2) is 6.24. The Labute approximate surface area is 119 Å². The zero-order valence-electron chi connectivity index (χ0n) is 12.1. The quantitative estimate of drug-likeness (QED) is 0.676. The van der Waals surface area contributed by atoms with E-state index in [1.807, 2.05) is 24.3 Å². The molecule has 0 spiro atoms. The summed E-state index contributed by atoms with van der Waals surface area (Å²) in [7, 11) is 1.49. The van der Waals surface area contributed by atoms with Crippen LogP contribution in [0.2, 0.25) is 0 Å². The summed E-state index contributed by atoms with van der Waals surface area (Å²) in [5, 5.41) is 7.57. The highest BCUT2D eigenvalue weighted by Crippen LogP contribution is 2.17. The summed E-state index contributed by atoms with van der Waals surface area (Å²) < 4.78 is 10.7. The lowest BCUT2D eigenvalue weighted by Crippen LogP contribution is -2.02. The molecule has 2 aromatic rings. The zero-order valence-corrected chi connectivity index (χ0v) is 12.1. The molecular weight excluding hydrogens is 250 g/mol. The van der Waals surface area contributed by atoms with Crippen molar-refractivity contribution < 1.29 is 9.47 Å². The van der Waals surface area contributed by atoms with Gasteiger partial charge >= 0.3 is 0 Å². The van der Waals surface area contributed by atoms with Crippen molar-refractivity contribution in [2.45, 2.75) is 20.5 Å². The largest absolute Gasteiger partial charge is 0.489 e. The molecule has 20 heavy (non-hydrogen) atoms. The Morgan fingerprint density at radius 2 is 1.75 bits per heavy atom. The first kappa shape index (κ1) is 14.1. The molecule has 0 amide bonds. The Morgan fingerprint density at radius 3 is 2.40 bits per heavy atom. The van der Waals surface area contributed by atoms with Crippen LogP contribution in [0.1, 0.15) is 22.3 Å². The van der Waals surface area contributed by atoms with Crippen molar-refractivity contribution in [3.8, 4) is 5.75 Å². The van der Waals surface area contributed by atoms with Crippen LogP contribution in [0.15, 0.2) is 42.5 Å². The molecule has 0 aliphatic heterocycles. The van der Waals surface area contributed by atoms with Crippen molar-refractivity contribution in [2.75, 3.05) is 7.11 Å². The van der Waals surface area contributed by atoms with Gasteiger partial charge in [0.15, 0.2) is 0 Å². The third-order valence-electron chi connectivity index (χ3n) is 3.22. The average molecular weight is 269 g/mol. The highest BCUT2D eigenvalue weighted by Gasteiger charge is 2.03. The topological polar surface area (TPSA) is 42.3 Å². The summed E-state index contributed by atoms with van der Waals surface area (Å²) in [6.45, 7) is 4.71. The van der Waals surface area contributed by atoms with Crippen LogP contribution in [-0.4, -0.2) is 13.0 Å². The van der Waals surface area contributed by atoms with E-state index < -0.39 is 0 Å². The van der Waals surface area contributed by atoms with Gasteiger partial charge in [-0.2, -0.15) is 0 Å². The molecule has 0 unspecified atom stereocenters. The van der Waals surface area contributed by atoms with Crippen LogP contribution in [0.4, 0.5) is 0 Å². The molecule has 2 rings (SSSR count). The molecule has 0 aliphatic carbocycles. The maximum Gasteiger partial charge on any atom is 0.212 e. The fraction of sp³-hybridized carbons (Fsp3) is 0.235. The van der Waals surface area contributed by atoms with Crippen molar-refractivity contribution in [3.05, 3.63) is 64.7 Å². The van der Waals surface area contributed by atoms with Gasteiger partial charge in [0, 0.05) is 5.56 Å². The Hall–Kier alpha value is -2.29. The summed E-state index contributed by atoms with van der Waals surface area (Å²) in [6.07, 6.45) is 0. The third-order valence-corrected chi connectivity index (χ3v) is 3.22. The predicted molar refractivity (Wildman–Crippen MR) is 80.5 cm³/mol. The molecule has 0 aromatic heterocycles. The normalized spacial score (nSPS) is 10.2. The number of ether oxygens (including phenoxy) is 2. The molecule has 104 valence electrons. The molecular formula is C17H19NO2. The molecule has 0 atom stereocenters. The van der Waals surface area contributed by atoms with Crippen LogP contribution in [0.5, 0.6) is 5.75 Å². The van der Waals surface area contributed by atoms with Gasteiger partial charge in [-0.3, -0.25) is 5.41 Å². The summed E-state index contributed by atoms with van der Waals surface area (Å²) in [6, 6.07) is 13.7. The van der Waals surface area contributed by atoms with E-state index in [-0.39, 0.29) is 5.90 Å². The Kier molecular flexibility index (Phi) is 4.41. The first-order chi connectivity index (χ1) is 9.60. The zero-order chi connectivity index (χ0) is 14.5. The predicted octanol–water partition coefficient (Wildman–Crippen LogP) is 3.85. The van der Waals surface area contributed by atoms with Gasteiger partial charge in [0.2, 0.25) is 5.90 Å². The van der Waals surface area contributed by atoms with E-state index in [1.54, 1.807) is 0 Å². The molecule has 0 fully saturated rings. The minimum Gasteiger partial charge on any atom is -0.489 e. The van der Waals surface area contributed by atoms with Crippen LogP contribution < -0.4 is 4.74 Å². The summed E-state index contributed by atoms with van der Waals surface area (Å²) in [5.41, 5.74) is 4.40. The van der Waals surface area contributed by atoms with Crippen molar-refractivity contribution in [1.29, 1.82) is 5.41 Å². The van der Waals surface area contributed by atoms with Gasteiger partial charge in [-0.25, -0.2) is 0 Å². The van der Waals surface area contributed by atoms with Crippen molar-refractivity contribution in [1.82, 2.24) is 0 Å². The number of hydrogen-bond donors (Lipinski definition) is 1. The van der Waals surface area contributed by atoms with E-state index in [0.717, 1.165) is 11.3 Å². The van der Waals surface area contributed by atoms with E-state index in [4.69, 9.17) is 14.9 Å². The molecule has 2 aromatic carbocycles. The van der Waals surface area contributed by atoms with Gasteiger partial charge < -0.3 is 9.47 Å². The SMILES string of the molecule is COC(=N)c1ccc(OCc2cc(C)ccc2C)cc1. The van der Waals surface area contributed by atoms with E-state index in [1.165, 1.54) is 23.8 Å². The summed E-state index contributed by atoms with van der Waals surface area (Å²) >= 11 is 0. The molecule has 0 bridgehead atoms. The number of methoxy groups -OCH3 is 1. The first-order valence-corrected chi connectivity index (χ1v) is 6.52. The smallest absolute Gasteiger partial charge is 0.212 e. The minimum atomic E-state index is 0.158. The standard InChI is InChI=1S/C17H19NO2/c1-12-4-5-13(2)15(10-12)11-20-16-8-6-14(7-9-16)17(18)19-3/h4-10,18H,11H2,1-3H3. The Bertz CT molecular complexity index is 603. The van der Waals surface area contributed by atoms with Crippen LogP contribution >= 0.6 is 0 Å². The third kappa shape index (κ3) is 3.38. The van der Waals surface area contributed by atoms with Crippen LogP contribution in [0, 0.1) is 19.3 Å². The van der Waals surface area contributed by atoms with E-state index in [2.05, 4.69) is 32.0 Å². The average Bonchev–Trinajstić information content (AvgIpc) is 2.48. The van der Waals surface area contributed by atoms with Gasteiger partial charge in [0.05, 0.1) is 7.11 Å². The minimum absolute atomic E-state index is 0.158. The van der Waals surface area contributed by atoms with Crippen molar-refractivity contribution in [2.24, 2.45) is 0 Å². The number of hydrogen-bond acceptors (Lipinski definition) is 3. The second-order valence-electron chi connectivity index (χ2n) is 4.78. The number of nitrogens with one attached hydrogen (secondary N) is 1. The van der Waals surface area contributed by atoms with Crippen LogP contribution in [0.3, 0.4) is 0 Å². The molecule has 0 radical (unpaired) electrons. The fourth-order valence-electron chi connectivity index (χ4n) is 1.94. The maximum absolute atomic E-state index is 7.57. The van der Waals surface area contributed by atoms with Crippen LogP contribution in [-0.2, 0) is 11.3 Å². The molecule has 3 heteroatoms. The van der Waals surface area contributed by atoms with E-state index in [9.17, 15) is 0 Å². The lowest BCUT2D eigenvalue weighted by molar-refractivity contribution is 0.305. The molecule has 0 saturated heterocycles. The molecule has 0 saturated carbocycles. The lowest BCUT2D eigenvalue weighted by atomic mass is 10.1. The lowest BCUT2D eigenvalue weighted by Gasteiger charge is -2.10. The number of aryl methyl sites for hydroxylation is 2. The highest BCUT2D eigenvalue weighted by molar-refractivity contribution is 5.91. The van der Waals surface area contributed by atoms with Gasteiger partial charge in [-0.1, -0.05) is 23.8 Å². The fourth-order valence-corrected chi connectivity index (χ4v) is 1.94. The molecule has 0 heterocycles. The first-order valence-electron chi connectivity index (χ1n) is 6.52. The molecule has 3 nitrogen and oxygen atoms in total. The van der Waals surface area contributed by atoms with E-state index in [0.29, 0.717) is 6.61 Å². The Balaban J connectivity index is 2.04. The van der Waals surface area contributed by atoms with Crippen LogP contribution in [0.25, 0.3) is 0 Å². The monoisotopic (exact) mass is 269 g/mol. The second-order valence-corrected chi connectivity index (χ2v) is 4.78. The van der Waals surface area contributed by atoms with Gasteiger partial charge in [0.25, 0.3) is 0 Å². The Morgan fingerprint density at radius 1 is 1.05 bits per heavy atom. The van der Waals surface area contributed by atoms with Gasteiger partial charge in [-0.05, 0) is 49.2 Å². The van der Waals surface area contributed by atoms with E-state index >= 15 is 0 Å². The number of benzene rings is 2. The summed E-state index contributed by atoms with van der Waals surface area (Å²) in [4.78, 5) is 0. The van der Waals surface area contributed by atoms with Gasteiger partial charge in [0.1, 0.15) is 12.4 Å². The summed E-state index contributed by atoms with van der Waals surface area (Å²) in [5.74, 6) is 0.949. The van der Waals surface area contributed by atoms with Crippen molar-refractivity contribution >= 4 is 5.90 Å². The molecule has 0 aliphatic rings. The number of rotatable bonds is 4. The highest BCUT2D eigenvalue weighted by atomic mass is 16.5. The molecule has 1 N–H and O–H groups in total. The van der Waals surface area contributed by atoms with Crippen molar-refractivity contribution in [3.63, 3.8) is 0 Å².